The van der Waals surface area contributed by atoms with E-state index in [2.05, 4.69) is 50.1 Å². The molecule has 1 saturated carbocycles. The Hall–Kier alpha value is -6.14. The molecule has 28 nitrogen and oxygen atoms in total. The van der Waals surface area contributed by atoms with Crippen molar-refractivity contribution in [1.82, 2.24) is 4.90 Å². The summed E-state index contributed by atoms with van der Waals surface area (Å²) >= 11 is 0. The van der Waals surface area contributed by atoms with E-state index >= 15 is 0 Å². The predicted molar refractivity (Wildman–Crippen MR) is 237 cm³/mol. The molecule has 3 heterocycles. The van der Waals surface area contributed by atoms with Gasteiger partial charge in [0.25, 0.3) is 0 Å². The van der Waals surface area contributed by atoms with E-state index in [4.69, 9.17) is 38.7 Å². The average Bonchev–Trinajstić information content (AvgIpc) is 3.66. The number of aliphatic hydroxyl groups excluding tert-OH is 4. The molecule has 4 N–H and O–H groups in total. The molecule has 4 fully saturated rings. The highest BCUT2D eigenvalue weighted by Gasteiger charge is 2.54. The van der Waals surface area contributed by atoms with Crippen LogP contribution in [0.15, 0.2) is 86.2 Å². The van der Waals surface area contributed by atoms with E-state index in [9.17, 15) is 47.3 Å². The van der Waals surface area contributed by atoms with Gasteiger partial charge in [0, 0.05) is 31.1 Å². The summed E-state index contributed by atoms with van der Waals surface area (Å²) in [5.74, 6) is -0.813. The maximum Gasteiger partial charge on any atom is 0.410 e. The van der Waals surface area contributed by atoms with Crippen molar-refractivity contribution in [3.8, 4) is 0 Å². The topological polar surface area (TPSA) is 410 Å². The maximum atomic E-state index is 14.0. The number of carbonyl (C=O) groups excluding carboxylic acids is 1. The number of hydrogen-bond acceptors (Lipinski definition) is 17. The minimum Gasteiger partial charge on any atom is -0.445 e. The smallest absolute Gasteiger partial charge is 0.410 e. The molecule has 6 rings (SSSR count). The largest absolute Gasteiger partial charge is 0.445 e. The summed E-state index contributed by atoms with van der Waals surface area (Å²) in [6.07, 6.45) is -17.5. The molecule has 69 heavy (non-hydrogen) atoms. The molecule has 1 aliphatic carbocycles. The minimum absolute atomic E-state index is 0.000714. The predicted octanol–water partition coefficient (Wildman–Crippen LogP) is 5.86. The van der Waals surface area contributed by atoms with Crippen molar-refractivity contribution in [3.63, 3.8) is 0 Å². The molecule has 0 bridgehead atoms. The highest BCUT2D eigenvalue weighted by molar-refractivity contribution is 5.68. The zero-order valence-electron chi connectivity index (χ0n) is 37.5. The van der Waals surface area contributed by atoms with Gasteiger partial charge in [-0.25, -0.2) is 4.79 Å². The fourth-order valence-electron chi connectivity index (χ4n) is 9.13. The third kappa shape index (κ3) is 12.7. The number of carbonyl (C=O) groups is 1. The monoisotopic (exact) mass is 962 g/mol. The molecule has 2 aromatic carbocycles. The highest BCUT2D eigenvalue weighted by atomic mass is 16.8. The van der Waals surface area contributed by atoms with Gasteiger partial charge in [0.2, 0.25) is 0 Å². The van der Waals surface area contributed by atoms with E-state index in [1.54, 1.807) is 11.8 Å². The van der Waals surface area contributed by atoms with E-state index in [0.717, 1.165) is 11.1 Å². The fraction of sp³-hybridized carbons (Fsp3) is 0.683. The molecule has 1 amide bonds. The summed E-state index contributed by atoms with van der Waals surface area (Å²) in [7, 11) is 0. The van der Waals surface area contributed by atoms with Crippen LogP contribution in [-0.2, 0) is 46.3 Å². The lowest BCUT2D eigenvalue weighted by molar-refractivity contribution is -0.291. The van der Waals surface area contributed by atoms with Gasteiger partial charge in [-0.05, 0) is 70.4 Å². The lowest BCUT2D eigenvalue weighted by Gasteiger charge is -2.46. The fourth-order valence-corrected chi connectivity index (χ4v) is 9.13. The van der Waals surface area contributed by atoms with Crippen molar-refractivity contribution in [2.24, 2.45) is 31.5 Å². The molecule has 370 valence electrons. The van der Waals surface area contributed by atoms with E-state index < -0.39 is 123 Å². The van der Waals surface area contributed by atoms with Gasteiger partial charge in [0.05, 0.1) is 73.9 Å². The van der Waals surface area contributed by atoms with Crippen LogP contribution < -0.4 is 0 Å². The molecule has 0 unspecified atom stereocenters. The molecule has 2 aromatic rings. The molecule has 0 spiro atoms. The molecule has 28 heteroatoms. The number of nitrogens with zero attached hydrogens (tertiary/aromatic N) is 16. The van der Waals surface area contributed by atoms with Crippen LogP contribution >= 0.6 is 0 Å². The van der Waals surface area contributed by atoms with E-state index in [1.165, 1.54) is 0 Å². The Bertz CT molecular complexity index is 2250. The van der Waals surface area contributed by atoms with Crippen LogP contribution in [0.3, 0.4) is 0 Å². The van der Waals surface area contributed by atoms with E-state index in [1.807, 2.05) is 67.6 Å². The third-order valence-corrected chi connectivity index (χ3v) is 12.7. The van der Waals surface area contributed by atoms with Crippen molar-refractivity contribution in [2.75, 3.05) is 13.2 Å². The van der Waals surface area contributed by atoms with Gasteiger partial charge in [0.1, 0.15) is 31.0 Å². The highest BCUT2D eigenvalue weighted by Crippen LogP contribution is 2.39. The summed E-state index contributed by atoms with van der Waals surface area (Å²) in [4.78, 5) is 29.9. The summed E-state index contributed by atoms with van der Waals surface area (Å²) in [6, 6.07) is 13.0. The molecule has 3 saturated heterocycles. The van der Waals surface area contributed by atoms with Crippen LogP contribution in [0, 0.1) is 5.92 Å². The van der Waals surface area contributed by atoms with Gasteiger partial charge in [-0.3, -0.25) is 4.90 Å². The van der Waals surface area contributed by atoms with Crippen molar-refractivity contribution in [1.29, 1.82) is 0 Å². The van der Waals surface area contributed by atoms with Gasteiger partial charge in [-0.2, -0.15) is 0 Å². The first-order valence-corrected chi connectivity index (χ1v) is 22.3. The van der Waals surface area contributed by atoms with Crippen LogP contribution in [0.1, 0.15) is 50.7 Å². The summed E-state index contributed by atoms with van der Waals surface area (Å²) in [6.45, 7) is 2.45. The Morgan fingerprint density at radius 3 is 1.96 bits per heavy atom. The Balaban J connectivity index is 1.28. The molecule has 0 radical (unpaired) electrons. The van der Waals surface area contributed by atoms with Crippen molar-refractivity contribution < 1.29 is 58.4 Å². The molecular formula is C41H54N16O12. The van der Waals surface area contributed by atoms with E-state index in [-0.39, 0.29) is 39.0 Å². The number of rotatable bonds is 20. The standard InChI is InChI=1S/C41H54N16O12/c1-3-27(57(18-22-10-6-4-7-11-22)41(62)63-20-23-12-8-5-9-13-23)28-15-14-24(48-53-43)38(64-28)67-35-26(50-55-45)16-25(49-54-44)33(60)37(35)69-40-34(61)36(30(19-58)66-40)68-39-31(51-56-46)21(2)32(59)29(65-39)17-47-52-42/h4-13,21,24-40,58-61H,3,14-20H2,1-2H3/t21-,24-,25-,26+,27+,28+,29+,30-,31-,32+,33+,34-,35-,36-,37-,38-,39-,40+/m1/s1. The lowest BCUT2D eigenvalue weighted by atomic mass is 9.84. The van der Waals surface area contributed by atoms with E-state index in [0.29, 0.717) is 6.42 Å². The van der Waals surface area contributed by atoms with Crippen LogP contribution in [0.25, 0.3) is 52.2 Å². The van der Waals surface area contributed by atoms with Gasteiger partial charge in [-0.15, -0.1) is 0 Å². The number of amides is 1. The average molecular weight is 963 g/mol. The van der Waals surface area contributed by atoms with Gasteiger partial charge >= 0.3 is 6.09 Å². The van der Waals surface area contributed by atoms with Crippen LogP contribution in [0.5, 0.6) is 0 Å². The first-order chi connectivity index (χ1) is 33.5. The summed E-state index contributed by atoms with van der Waals surface area (Å²) in [5.41, 5.74) is 48.7. The lowest BCUT2D eigenvalue weighted by Crippen LogP contribution is -2.61. The van der Waals surface area contributed by atoms with Gasteiger partial charge < -0.3 is 53.6 Å². The first kappa shape index (κ1) is 52.2. The molecule has 4 aliphatic rings. The minimum atomic E-state index is -1.81. The Labute approximate surface area is 394 Å². The van der Waals surface area contributed by atoms with Crippen LogP contribution in [0.4, 0.5) is 4.79 Å². The Morgan fingerprint density at radius 1 is 0.710 bits per heavy atom. The Kier molecular flexibility index (Phi) is 19.3. The number of ether oxygens (including phenoxy) is 7. The third-order valence-electron chi connectivity index (χ3n) is 12.7. The second-order valence-corrected chi connectivity index (χ2v) is 16.8. The van der Waals surface area contributed by atoms with Crippen molar-refractivity contribution >= 4 is 6.09 Å². The summed E-state index contributed by atoms with van der Waals surface area (Å²) in [5, 5.41) is 63.5. The SMILES string of the molecule is CC[C@@H]([C@@H]1CC[C@@H](N=[N+]=[N-])[C@@H](O[C@H]2[C@H](O[C@@H]3O[C@H](CO)[C@@H](O[C@H]4O[C@@H](CN=[N+]=[N-])[C@@H](O)[C@H](C)[C@H]4N=[N+]=[N-])[C@H]3O)[C@@H](O)[C@H](N=[N+]=[N-])C[C@@H]2N=[N+]=[N-])O1)N(Cc1ccccc1)C(=O)OCc1ccccc1. The quantitative estimate of drug-likeness (QED) is 0.0689. The van der Waals surface area contributed by atoms with Crippen molar-refractivity contribution in [2.45, 2.75) is 157 Å². The van der Waals surface area contributed by atoms with Gasteiger partial charge in [-0.1, -0.05) is 100 Å². The normalized spacial score (nSPS) is 34.5. The Morgan fingerprint density at radius 2 is 1.32 bits per heavy atom. The number of azide groups is 5. The second-order valence-electron chi connectivity index (χ2n) is 16.8. The number of hydrogen-bond donors (Lipinski definition) is 4. The number of benzene rings is 2. The number of aliphatic hydroxyl groups is 4. The molecular weight excluding hydrogens is 909 g/mol. The molecule has 18 atom stereocenters. The van der Waals surface area contributed by atoms with Crippen LogP contribution in [0.2, 0.25) is 0 Å². The molecule has 0 aromatic heterocycles. The molecule has 3 aliphatic heterocycles. The van der Waals surface area contributed by atoms with Crippen molar-refractivity contribution in [3.05, 3.63) is 124 Å². The van der Waals surface area contributed by atoms with Crippen LogP contribution in [-0.4, -0.2) is 149 Å². The zero-order chi connectivity index (χ0) is 49.5. The summed E-state index contributed by atoms with van der Waals surface area (Å²) < 4.78 is 43.1. The maximum absolute atomic E-state index is 14.0. The second kappa shape index (κ2) is 25.5. The van der Waals surface area contributed by atoms with Gasteiger partial charge in [0.15, 0.2) is 18.9 Å². The first-order valence-electron chi connectivity index (χ1n) is 22.3. The zero-order valence-corrected chi connectivity index (χ0v) is 37.5.